The molecule has 0 aromatic carbocycles. The highest BCUT2D eigenvalue weighted by Crippen LogP contribution is 2.34. The zero-order valence-electron chi connectivity index (χ0n) is 17.9. The summed E-state index contributed by atoms with van der Waals surface area (Å²) in [6.45, 7) is 8.65. The number of unbranched alkanes of at least 4 members (excludes halogenated alkanes) is 2. The van der Waals surface area contributed by atoms with Crippen molar-refractivity contribution in [2.75, 3.05) is 19.6 Å². The van der Waals surface area contributed by atoms with E-state index >= 15 is 0 Å². The molecule has 3 N–H and O–H groups in total. The average molecular weight is 411 g/mol. The van der Waals surface area contributed by atoms with Gasteiger partial charge in [0, 0.05) is 26.1 Å². The molecule has 5 amide bonds. The Hall–Kier alpha value is -2.32. The number of carbonyl (C=O) groups excluding carboxylic acids is 4. The number of nitrogens with one attached hydrogen (secondary N) is 3. The minimum atomic E-state index is -0.652. The monoisotopic (exact) mass is 410 g/mol. The smallest absolute Gasteiger partial charge is 0.407 e. The topological polar surface area (TPSA) is 117 Å². The zero-order chi connectivity index (χ0) is 21.7. The SMILES string of the molecule is CCCC12CN(C(=O)CCCCCNC(=O)OC(C)(C)C)CC1C(=O)NC(=O)N2. The molecule has 2 fully saturated rings. The molecule has 2 heterocycles. The van der Waals surface area contributed by atoms with Crippen LogP contribution in [-0.4, -0.2) is 59.6 Å². The predicted octanol–water partition coefficient (Wildman–Crippen LogP) is 1.91. The van der Waals surface area contributed by atoms with E-state index in [1.165, 1.54) is 0 Å². The van der Waals surface area contributed by atoms with Crippen LogP contribution in [0.5, 0.6) is 0 Å². The van der Waals surface area contributed by atoms with Crippen LogP contribution in [0.2, 0.25) is 0 Å². The van der Waals surface area contributed by atoms with Gasteiger partial charge in [-0.25, -0.2) is 9.59 Å². The van der Waals surface area contributed by atoms with Gasteiger partial charge in [0.2, 0.25) is 11.8 Å². The molecule has 2 saturated heterocycles. The van der Waals surface area contributed by atoms with Crippen LogP contribution in [-0.2, 0) is 14.3 Å². The van der Waals surface area contributed by atoms with Crippen molar-refractivity contribution in [3.8, 4) is 0 Å². The van der Waals surface area contributed by atoms with E-state index in [0.717, 1.165) is 19.3 Å². The van der Waals surface area contributed by atoms with Crippen molar-refractivity contribution < 1.29 is 23.9 Å². The van der Waals surface area contributed by atoms with E-state index < -0.39 is 29.2 Å². The predicted molar refractivity (Wildman–Crippen MR) is 107 cm³/mol. The van der Waals surface area contributed by atoms with Gasteiger partial charge in [-0.05, 0) is 40.0 Å². The molecule has 9 heteroatoms. The lowest BCUT2D eigenvalue weighted by Gasteiger charge is -2.38. The van der Waals surface area contributed by atoms with Gasteiger partial charge in [0.25, 0.3) is 0 Å². The van der Waals surface area contributed by atoms with Crippen molar-refractivity contribution in [1.29, 1.82) is 0 Å². The first-order valence-electron chi connectivity index (χ1n) is 10.4. The second-order valence-electron chi connectivity index (χ2n) is 8.92. The molecule has 29 heavy (non-hydrogen) atoms. The fraction of sp³-hybridized carbons (Fsp3) is 0.800. The second kappa shape index (κ2) is 9.45. The van der Waals surface area contributed by atoms with Gasteiger partial charge in [-0.15, -0.1) is 0 Å². The van der Waals surface area contributed by atoms with Crippen molar-refractivity contribution in [1.82, 2.24) is 20.9 Å². The maximum absolute atomic E-state index is 12.6. The Labute approximate surface area is 172 Å². The van der Waals surface area contributed by atoms with Gasteiger partial charge >= 0.3 is 12.1 Å². The Morgan fingerprint density at radius 1 is 1.24 bits per heavy atom. The summed E-state index contributed by atoms with van der Waals surface area (Å²) in [7, 11) is 0. The first kappa shape index (κ1) is 23.0. The lowest BCUT2D eigenvalue weighted by molar-refractivity contribution is -0.130. The number of likely N-dealkylation sites (tertiary alicyclic amines) is 1. The van der Waals surface area contributed by atoms with Crippen molar-refractivity contribution in [2.45, 2.75) is 77.4 Å². The van der Waals surface area contributed by atoms with E-state index in [2.05, 4.69) is 16.0 Å². The number of hydrogen-bond acceptors (Lipinski definition) is 5. The normalized spacial score (nSPS) is 23.9. The Morgan fingerprint density at radius 2 is 1.97 bits per heavy atom. The fourth-order valence-corrected chi connectivity index (χ4v) is 4.02. The highest BCUT2D eigenvalue weighted by Gasteiger charge is 2.54. The molecule has 0 saturated carbocycles. The van der Waals surface area contributed by atoms with E-state index in [-0.39, 0.29) is 11.8 Å². The van der Waals surface area contributed by atoms with Gasteiger partial charge in [0.1, 0.15) is 5.60 Å². The number of carbonyl (C=O) groups is 4. The van der Waals surface area contributed by atoms with Crippen molar-refractivity contribution in [3.05, 3.63) is 0 Å². The number of hydrogen-bond donors (Lipinski definition) is 3. The lowest BCUT2D eigenvalue weighted by Crippen LogP contribution is -2.66. The summed E-state index contributed by atoms with van der Waals surface area (Å²) in [5.41, 5.74) is -1.17. The summed E-state index contributed by atoms with van der Waals surface area (Å²) < 4.78 is 5.17. The lowest BCUT2D eigenvalue weighted by atomic mass is 9.81. The first-order chi connectivity index (χ1) is 13.6. The van der Waals surface area contributed by atoms with Crippen LogP contribution in [0.3, 0.4) is 0 Å². The largest absolute Gasteiger partial charge is 0.444 e. The zero-order valence-corrected chi connectivity index (χ0v) is 17.9. The van der Waals surface area contributed by atoms with Crippen LogP contribution in [0.4, 0.5) is 9.59 Å². The molecule has 2 rings (SSSR count). The Bertz CT molecular complexity index is 645. The second-order valence-corrected chi connectivity index (χ2v) is 8.92. The molecule has 2 atom stereocenters. The molecule has 164 valence electrons. The molecule has 9 nitrogen and oxygen atoms in total. The third kappa shape index (κ3) is 6.33. The quantitative estimate of drug-likeness (QED) is 0.529. The molecule has 2 aliphatic heterocycles. The van der Waals surface area contributed by atoms with E-state index in [9.17, 15) is 19.2 Å². The number of imide groups is 1. The van der Waals surface area contributed by atoms with Gasteiger partial charge in [-0.1, -0.05) is 19.8 Å². The van der Waals surface area contributed by atoms with E-state index in [4.69, 9.17) is 4.74 Å². The van der Waals surface area contributed by atoms with Crippen molar-refractivity contribution in [3.63, 3.8) is 0 Å². The third-order valence-electron chi connectivity index (χ3n) is 5.24. The summed E-state index contributed by atoms with van der Waals surface area (Å²) in [5.74, 6) is -0.704. The van der Waals surface area contributed by atoms with Crippen LogP contribution < -0.4 is 16.0 Å². The van der Waals surface area contributed by atoms with Crippen LogP contribution in [0.15, 0.2) is 0 Å². The number of urea groups is 1. The van der Waals surface area contributed by atoms with E-state index in [1.807, 2.05) is 27.7 Å². The number of amides is 5. The number of ether oxygens (including phenoxy) is 1. The van der Waals surface area contributed by atoms with Gasteiger partial charge in [0.05, 0.1) is 11.5 Å². The molecule has 2 aliphatic rings. The van der Waals surface area contributed by atoms with Crippen molar-refractivity contribution in [2.24, 2.45) is 5.92 Å². The molecule has 0 radical (unpaired) electrons. The van der Waals surface area contributed by atoms with Crippen LogP contribution in [0.1, 0.15) is 66.2 Å². The summed E-state index contributed by atoms with van der Waals surface area (Å²) in [4.78, 5) is 49.9. The maximum atomic E-state index is 12.6. The highest BCUT2D eigenvalue weighted by molar-refractivity contribution is 6.00. The van der Waals surface area contributed by atoms with Crippen LogP contribution in [0.25, 0.3) is 0 Å². The number of rotatable bonds is 8. The van der Waals surface area contributed by atoms with Gasteiger partial charge in [0.15, 0.2) is 0 Å². The third-order valence-corrected chi connectivity index (χ3v) is 5.24. The minimum Gasteiger partial charge on any atom is -0.444 e. The molecule has 0 aromatic rings. The Balaban J connectivity index is 1.73. The minimum absolute atomic E-state index is 0.00275. The number of nitrogens with zero attached hydrogens (tertiary/aromatic N) is 1. The molecular formula is C20H34N4O5. The molecular weight excluding hydrogens is 376 g/mol. The first-order valence-corrected chi connectivity index (χ1v) is 10.4. The number of alkyl carbamates (subject to hydrolysis) is 1. The molecule has 0 spiro atoms. The molecule has 2 unspecified atom stereocenters. The summed E-state index contributed by atoms with van der Waals surface area (Å²) in [5, 5.41) is 7.92. The molecule has 0 aromatic heterocycles. The van der Waals surface area contributed by atoms with E-state index in [0.29, 0.717) is 38.9 Å². The van der Waals surface area contributed by atoms with Gasteiger partial charge < -0.3 is 20.3 Å². The summed E-state index contributed by atoms with van der Waals surface area (Å²) in [6, 6.07) is -0.480. The molecule has 0 bridgehead atoms. The van der Waals surface area contributed by atoms with Crippen LogP contribution >= 0.6 is 0 Å². The number of fused-ring (bicyclic) bond motifs is 1. The van der Waals surface area contributed by atoms with Crippen molar-refractivity contribution >= 4 is 23.9 Å². The summed E-state index contributed by atoms with van der Waals surface area (Å²) in [6.07, 6.45) is 3.69. The Kier molecular flexibility index (Phi) is 7.48. The van der Waals surface area contributed by atoms with Gasteiger partial charge in [-0.2, -0.15) is 0 Å². The average Bonchev–Trinajstić information content (AvgIpc) is 2.96. The highest BCUT2D eigenvalue weighted by atomic mass is 16.6. The fourth-order valence-electron chi connectivity index (χ4n) is 4.02. The van der Waals surface area contributed by atoms with Crippen LogP contribution in [0, 0.1) is 5.92 Å². The molecule has 0 aliphatic carbocycles. The summed E-state index contributed by atoms with van der Waals surface area (Å²) >= 11 is 0. The standard InChI is InChI=1S/C20H34N4O5/c1-5-10-20-13-24(12-14(20)16(26)22-17(27)23-20)15(25)9-7-6-8-11-21-18(28)29-19(2,3)4/h14H,5-13H2,1-4H3,(H,21,28)(H2,22,23,26,27). The van der Waals surface area contributed by atoms with E-state index in [1.54, 1.807) is 4.90 Å². The van der Waals surface area contributed by atoms with Gasteiger partial charge in [-0.3, -0.25) is 14.9 Å². The maximum Gasteiger partial charge on any atom is 0.407 e. The Morgan fingerprint density at radius 3 is 2.62 bits per heavy atom.